The molecule has 0 N–H and O–H groups in total. The third-order valence-corrected chi connectivity index (χ3v) is 4.82. The molecule has 1 atom stereocenters. The van der Waals surface area contributed by atoms with E-state index >= 15 is 0 Å². The van der Waals surface area contributed by atoms with Gasteiger partial charge in [-0.3, -0.25) is 4.79 Å². The number of carbonyl (C=O) groups excluding carboxylic acids is 1. The molecule has 3 aromatic rings. The first kappa shape index (κ1) is 15.0. The average Bonchev–Trinajstić information content (AvgIpc) is 3.18. The Morgan fingerprint density at radius 1 is 1.33 bits per heavy atom. The van der Waals surface area contributed by atoms with E-state index in [9.17, 15) is 4.79 Å². The minimum Gasteiger partial charge on any atom is -0.461 e. The van der Waals surface area contributed by atoms with Gasteiger partial charge in [0.15, 0.2) is 0 Å². The molecule has 124 valence electrons. The van der Waals surface area contributed by atoms with Crippen molar-refractivity contribution in [1.82, 2.24) is 14.5 Å². The van der Waals surface area contributed by atoms with Gasteiger partial charge in [-0.15, -0.1) is 0 Å². The zero-order valence-corrected chi connectivity index (χ0v) is 14.0. The van der Waals surface area contributed by atoms with Gasteiger partial charge in [0.1, 0.15) is 17.2 Å². The molecule has 0 radical (unpaired) electrons. The van der Waals surface area contributed by atoms with Crippen molar-refractivity contribution in [3.05, 3.63) is 53.8 Å². The Balaban J connectivity index is 1.57. The second-order valence-corrected chi connectivity index (χ2v) is 6.60. The summed E-state index contributed by atoms with van der Waals surface area (Å²) < 4.78 is 7.65. The number of benzene rings is 1. The summed E-state index contributed by atoms with van der Waals surface area (Å²) in [6.45, 7) is 3.46. The molecular weight excluding hydrogens is 302 g/mol. The second-order valence-electron chi connectivity index (χ2n) is 6.60. The summed E-state index contributed by atoms with van der Waals surface area (Å²) in [5, 5.41) is 0.982. The third-order valence-electron chi connectivity index (χ3n) is 4.82. The fraction of sp³-hybridized carbons (Fsp3) is 0.368. The van der Waals surface area contributed by atoms with Crippen LogP contribution in [0, 0.1) is 6.92 Å². The van der Waals surface area contributed by atoms with Gasteiger partial charge < -0.3 is 13.9 Å². The summed E-state index contributed by atoms with van der Waals surface area (Å²) in [6, 6.07) is 7.64. The summed E-state index contributed by atoms with van der Waals surface area (Å²) in [5.74, 6) is 2.33. The van der Waals surface area contributed by atoms with Crippen LogP contribution in [-0.2, 0) is 7.05 Å². The summed E-state index contributed by atoms with van der Waals surface area (Å²) in [5.41, 5.74) is 1.55. The molecule has 1 saturated heterocycles. The number of carbonyl (C=O) groups is 1. The maximum Gasteiger partial charge on any atom is 0.253 e. The Morgan fingerprint density at radius 2 is 2.21 bits per heavy atom. The average molecular weight is 323 g/mol. The van der Waals surface area contributed by atoms with E-state index in [0.29, 0.717) is 5.92 Å². The number of amides is 1. The van der Waals surface area contributed by atoms with Crippen molar-refractivity contribution in [2.75, 3.05) is 13.1 Å². The van der Waals surface area contributed by atoms with Crippen LogP contribution in [0.4, 0.5) is 0 Å². The van der Waals surface area contributed by atoms with E-state index in [2.05, 4.69) is 9.55 Å². The van der Waals surface area contributed by atoms with Crippen LogP contribution >= 0.6 is 0 Å². The van der Waals surface area contributed by atoms with Crippen LogP contribution in [0.1, 0.15) is 40.7 Å². The highest BCUT2D eigenvalue weighted by atomic mass is 16.3. The van der Waals surface area contributed by atoms with Gasteiger partial charge in [-0.2, -0.15) is 0 Å². The molecule has 1 amide bonds. The summed E-state index contributed by atoms with van der Waals surface area (Å²) in [6.07, 6.45) is 5.88. The smallest absolute Gasteiger partial charge is 0.253 e. The fourth-order valence-corrected chi connectivity index (χ4v) is 3.63. The predicted octanol–water partition coefficient (Wildman–Crippen LogP) is 3.49. The molecule has 4 rings (SSSR count). The molecule has 3 heterocycles. The van der Waals surface area contributed by atoms with Gasteiger partial charge >= 0.3 is 0 Å². The number of aromatic nitrogens is 2. The lowest BCUT2D eigenvalue weighted by Gasteiger charge is -2.32. The zero-order valence-electron chi connectivity index (χ0n) is 14.0. The first-order valence-electron chi connectivity index (χ1n) is 8.38. The van der Waals surface area contributed by atoms with Crippen LogP contribution in [0.3, 0.4) is 0 Å². The second kappa shape index (κ2) is 5.82. The van der Waals surface area contributed by atoms with Crippen molar-refractivity contribution >= 4 is 16.9 Å². The van der Waals surface area contributed by atoms with E-state index in [0.717, 1.165) is 54.0 Å². The minimum atomic E-state index is 0.0923. The Labute approximate surface area is 140 Å². The molecule has 1 fully saturated rings. The van der Waals surface area contributed by atoms with Crippen LogP contribution in [0.25, 0.3) is 11.0 Å². The number of aryl methyl sites for hydroxylation is 2. The first-order chi connectivity index (χ1) is 11.6. The standard InChI is InChI=1S/C19H21N3O2/c1-13-10-16-11-14(5-6-17(16)24-13)19(23)22-8-3-4-15(12-22)18-20-7-9-21(18)2/h5-7,9-11,15H,3-4,8,12H2,1-2H3/t15-/m0/s1. The van der Waals surface area contributed by atoms with Crippen LogP contribution in [0.2, 0.25) is 0 Å². The Hall–Kier alpha value is -2.56. The van der Waals surface area contributed by atoms with Crippen molar-refractivity contribution < 1.29 is 9.21 Å². The molecule has 0 unspecified atom stereocenters. The normalized spacial score (nSPS) is 18.2. The summed E-state index contributed by atoms with van der Waals surface area (Å²) >= 11 is 0. The molecule has 5 heteroatoms. The van der Waals surface area contributed by atoms with E-state index in [-0.39, 0.29) is 5.91 Å². The minimum absolute atomic E-state index is 0.0923. The van der Waals surface area contributed by atoms with Gasteiger partial charge in [0.2, 0.25) is 0 Å². The zero-order chi connectivity index (χ0) is 16.7. The number of nitrogens with zero attached hydrogens (tertiary/aromatic N) is 3. The number of fused-ring (bicyclic) bond motifs is 1. The lowest BCUT2D eigenvalue weighted by Crippen LogP contribution is -2.39. The number of rotatable bonds is 2. The van der Waals surface area contributed by atoms with Crippen LogP contribution in [0.15, 0.2) is 41.1 Å². The Bertz CT molecular complexity index is 893. The lowest BCUT2D eigenvalue weighted by atomic mass is 9.96. The van der Waals surface area contributed by atoms with E-state index in [4.69, 9.17) is 4.42 Å². The van der Waals surface area contributed by atoms with Gasteiger partial charge in [0, 0.05) is 49.4 Å². The van der Waals surface area contributed by atoms with Crippen molar-refractivity contribution in [3.8, 4) is 0 Å². The highest BCUT2D eigenvalue weighted by molar-refractivity contribution is 5.98. The Morgan fingerprint density at radius 3 is 3.00 bits per heavy atom. The van der Waals surface area contributed by atoms with E-state index in [1.807, 2.05) is 55.5 Å². The molecule has 0 bridgehead atoms. The molecule has 5 nitrogen and oxygen atoms in total. The highest BCUT2D eigenvalue weighted by Gasteiger charge is 2.27. The van der Waals surface area contributed by atoms with E-state index < -0.39 is 0 Å². The third kappa shape index (κ3) is 2.60. The van der Waals surface area contributed by atoms with Gasteiger partial charge in [-0.25, -0.2) is 4.98 Å². The number of hydrogen-bond acceptors (Lipinski definition) is 3. The fourth-order valence-electron chi connectivity index (χ4n) is 3.63. The number of imidazole rings is 1. The number of piperidine rings is 1. The molecule has 0 spiro atoms. The Kier molecular flexibility index (Phi) is 3.63. The number of furan rings is 1. The van der Waals surface area contributed by atoms with Crippen molar-refractivity contribution in [2.24, 2.45) is 7.05 Å². The lowest BCUT2D eigenvalue weighted by molar-refractivity contribution is 0.0703. The predicted molar refractivity (Wildman–Crippen MR) is 92.0 cm³/mol. The van der Waals surface area contributed by atoms with Gasteiger partial charge in [-0.05, 0) is 44.0 Å². The van der Waals surface area contributed by atoms with Crippen molar-refractivity contribution in [2.45, 2.75) is 25.7 Å². The van der Waals surface area contributed by atoms with Crippen LogP contribution < -0.4 is 0 Å². The van der Waals surface area contributed by atoms with Gasteiger partial charge in [0.05, 0.1) is 0 Å². The van der Waals surface area contributed by atoms with Gasteiger partial charge in [-0.1, -0.05) is 0 Å². The molecule has 1 aromatic carbocycles. The van der Waals surface area contributed by atoms with E-state index in [1.54, 1.807) is 0 Å². The van der Waals surface area contributed by atoms with Crippen molar-refractivity contribution in [3.63, 3.8) is 0 Å². The molecule has 1 aliphatic rings. The maximum atomic E-state index is 12.9. The number of likely N-dealkylation sites (tertiary alicyclic amines) is 1. The monoisotopic (exact) mass is 323 g/mol. The molecule has 1 aliphatic heterocycles. The topological polar surface area (TPSA) is 51.3 Å². The number of hydrogen-bond donors (Lipinski definition) is 0. The first-order valence-corrected chi connectivity index (χ1v) is 8.38. The molecule has 2 aromatic heterocycles. The molecule has 0 saturated carbocycles. The summed E-state index contributed by atoms with van der Waals surface area (Å²) in [7, 11) is 2.01. The quantitative estimate of drug-likeness (QED) is 0.725. The van der Waals surface area contributed by atoms with Crippen LogP contribution in [-0.4, -0.2) is 33.4 Å². The highest BCUT2D eigenvalue weighted by Crippen LogP contribution is 2.27. The van der Waals surface area contributed by atoms with Crippen molar-refractivity contribution in [1.29, 1.82) is 0 Å². The summed E-state index contributed by atoms with van der Waals surface area (Å²) in [4.78, 5) is 19.3. The molecule has 0 aliphatic carbocycles. The van der Waals surface area contributed by atoms with E-state index in [1.165, 1.54) is 0 Å². The maximum absolute atomic E-state index is 12.9. The molecule has 24 heavy (non-hydrogen) atoms. The van der Waals surface area contributed by atoms with Gasteiger partial charge in [0.25, 0.3) is 5.91 Å². The van der Waals surface area contributed by atoms with Crippen LogP contribution in [0.5, 0.6) is 0 Å². The largest absolute Gasteiger partial charge is 0.461 e. The molecular formula is C19H21N3O2. The SMILES string of the molecule is Cc1cc2cc(C(=O)N3CCC[C@H](c4nccn4C)C3)ccc2o1.